The Balaban J connectivity index is 2.77. The van der Waals surface area contributed by atoms with Gasteiger partial charge in [-0.15, -0.1) is 0 Å². The highest BCUT2D eigenvalue weighted by Crippen LogP contribution is 1.86. The third-order valence-electron chi connectivity index (χ3n) is 0.981. The molecule has 0 rings (SSSR count). The average molecular weight is 147 g/mol. The summed E-state index contributed by atoms with van der Waals surface area (Å²) in [5.74, 6) is 0. The summed E-state index contributed by atoms with van der Waals surface area (Å²) in [5, 5.41) is 2.98. The second-order valence-corrected chi connectivity index (χ2v) is 2.35. The zero-order valence-electron chi connectivity index (χ0n) is 7.02. The van der Waals surface area contributed by atoms with Crippen molar-refractivity contribution in [1.82, 2.24) is 5.32 Å². The fraction of sp³-hybridized carbons (Fsp3) is 1.00. The molecule has 0 fully saturated rings. The van der Waals surface area contributed by atoms with E-state index in [9.17, 15) is 0 Å². The van der Waals surface area contributed by atoms with Crippen molar-refractivity contribution in [2.24, 2.45) is 0 Å². The van der Waals surface area contributed by atoms with Crippen LogP contribution in [0.3, 0.4) is 0 Å². The molecule has 0 radical (unpaired) electrons. The van der Waals surface area contributed by atoms with Crippen LogP contribution in [0.5, 0.6) is 0 Å². The maximum absolute atomic E-state index is 5.14. The summed E-state index contributed by atoms with van der Waals surface area (Å²) < 4.78 is 10.2. The van der Waals surface area contributed by atoms with Crippen molar-refractivity contribution in [3.63, 3.8) is 0 Å². The molecule has 0 atom stereocenters. The minimum absolute atomic E-state index is 0.259. The minimum atomic E-state index is 0.259. The van der Waals surface area contributed by atoms with Gasteiger partial charge in [0.05, 0.1) is 12.7 Å². The molecule has 10 heavy (non-hydrogen) atoms. The van der Waals surface area contributed by atoms with Gasteiger partial charge < -0.3 is 14.8 Å². The number of rotatable bonds is 6. The van der Waals surface area contributed by atoms with Crippen LogP contribution in [0.2, 0.25) is 0 Å². The molecule has 0 saturated carbocycles. The molecule has 0 aromatic heterocycles. The van der Waals surface area contributed by atoms with Crippen LogP contribution in [0.1, 0.15) is 13.8 Å². The first-order valence-electron chi connectivity index (χ1n) is 3.61. The largest absolute Gasteiger partial charge is 0.354 e. The average Bonchev–Trinajstić information content (AvgIpc) is 1.87. The summed E-state index contributed by atoms with van der Waals surface area (Å²) in [6.45, 7) is 5.97. The number of ether oxygens (including phenoxy) is 2. The Morgan fingerprint density at radius 3 is 2.60 bits per heavy atom. The van der Waals surface area contributed by atoms with Gasteiger partial charge in [-0.3, -0.25) is 0 Å². The molecular weight excluding hydrogens is 130 g/mol. The quantitative estimate of drug-likeness (QED) is 0.441. The summed E-state index contributed by atoms with van der Waals surface area (Å²) in [6, 6.07) is 0. The van der Waals surface area contributed by atoms with Gasteiger partial charge in [-0.2, -0.15) is 0 Å². The van der Waals surface area contributed by atoms with E-state index in [0.717, 1.165) is 6.54 Å². The van der Waals surface area contributed by atoms with E-state index in [1.807, 2.05) is 20.9 Å². The van der Waals surface area contributed by atoms with Crippen LogP contribution in [-0.2, 0) is 9.47 Å². The van der Waals surface area contributed by atoms with Crippen molar-refractivity contribution >= 4 is 0 Å². The van der Waals surface area contributed by atoms with Gasteiger partial charge in [0.2, 0.25) is 0 Å². The summed E-state index contributed by atoms with van der Waals surface area (Å²) in [4.78, 5) is 0. The van der Waals surface area contributed by atoms with E-state index in [0.29, 0.717) is 13.4 Å². The van der Waals surface area contributed by atoms with Gasteiger partial charge in [-0.1, -0.05) is 0 Å². The molecule has 0 unspecified atom stereocenters. The normalized spacial score (nSPS) is 10.8. The molecule has 0 aliphatic heterocycles. The monoisotopic (exact) mass is 147 g/mol. The van der Waals surface area contributed by atoms with Gasteiger partial charge in [0.1, 0.15) is 6.79 Å². The Bertz CT molecular complexity index is 66.6. The van der Waals surface area contributed by atoms with E-state index in [2.05, 4.69) is 5.32 Å². The van der Waals surface area contributed by atoms with Crippen molar-refractivity contribution in [1.29, 1.82) is 0 Å². The van der Waals surface area contributed by atoms with Gasteiger partial charge in [0.15, 0.2) is 0 Å². The molecule has 3 nitrogen and oxygen atoms in total. The summed E-state index contributed by atoms with van der Waals surface area (Å²) in [6.07, 6.45) is 0.259. The molecule has 0 aromatic rings. The highest BCUT2D eigenvalue weighted by molar-refractivity contribution is 4.34. The van der Waals surface area contributed by atoms with Crippen molar-refractivity contribution in [3.8, 4) is 0 Å². The van der Waals surface area contributed by atoms with E-state index in [-0.39, 0.29) is 6.10 Å². The Hall–Kier alpha value is -0.120. The lowest BCUT2D eigenvalue weighted by molar-refractivity contribution is -0.0769. The Kier molecular flexibility index (Phi) is 6.91. The van der Waals surface area contributed by atoms with Gasteiger partial charge in [-0.25, -0.2) is 0 Å². The zero-order chi connectivity index (χ0) is 7.82. The Morgan fingerprint density at radius 1 is 1.40 bits per heavy atom. The fourth-order valence-electron chi connectivity index (χ4n) is 0.417. The first-order valence-corrected chi connectivity index (χ1v) is 3.61. The van der Waals surface area contributed by atoms with Crippen molar-refractivity contribution < 1.29 is 9.47 Å². The lowest BCUT2D eigenvalue weighted by Gasteiger charge is -2.07. The van der Waals surface area contributed by atoms with Crippen molar-refractivity contribution in [2.45, 2.75) is 20.0 Å². The van der Waals surface area contributed by atoms with Crippen molar-refractivity contribution in [3.05, 3.63) is 0 Å². The first-order chi connectivity index (χ1) is 4.77. The predicted molar refractivity (Wildman–Crippen MR) is 41.0 cm³/mol. The number of likely N-dealkylation sites (N-methyl/N-ethyl adjacent to an activating group) is 1. The van der Waals surface area contributed by atoms with Crippen LogP contribution >= 0.6 is 0 Å². The molecule has 0 aliphatic rings. The Morgan fingerprint density at radius 2 is 2.10 bits per heavy atom. The maximum atomic E-state index is 5.14. The predicted octanol–water partition coefficient (Wildman–Crippen LogP) is 0.605. The van der Waals surface area contributed by atoms with E-state index in [1.165, 1.54) is 0 Å². The molecule has 0 aliphatic carbocycles. The molecule has 1 N–H and O–H groups in total. The van der Waals surface area contributed by atoms with E-state index < -0.39 is 0 Å². The SMILES string of the molecule is CNCCOCOC(C)C. The number of hydrogen-bond donors (Lipinski definition) is 1. The van der Waals surface area contributed by atoms with E-state index in [1.54, 1.807) is 0 Å². The fourth-order valence-corrected chi connectivity index (χ4v) is 0.417. The summed E-state index contributed by atoms with van der Waals surface area (Å²) in [5.41, 5.74) is 0. The maximum Gasteiger partial charge on any atom is 0.147 e. The smallest absolute Gasteiger partial charge is 0.147 e. The second kappa shape index (κ2) is 6.99. The van der Waals surface area contributed by atoms with E-state index in [4.69, 9.17) is 9.47 Å². The highest BCUT2D eigenvalue weighted by atomic mass is 16.7. The Labute approximate surface area is 62.7 Å². The lowest BCUT2D eigenvalue weighted by atomic mass is 10.5. The molecule has 0 saturated heterocycles. The third-order valence-corrected chi connectivity index (χ3v) is 0.981. The summed E-state index contributed by atoms with van der Waals surface area (Å²) >= 11 is 0. The topological polar surface area (TPSA) is 30.5 Å². The highest BCUT2D eigenvalue weighted by Gasteiger charge is 1.90. The molecule has 62 valence electrons. The van der Waals surface area contributed by atoms with Crippen LogP contribution < -0.4 is 5.32 Å². The standard InChI is InChI=1S/C7H17NO2/c1-7(2)10-6-9-5-4-8-3/h7-8H,4-6H2,1-3H3. The minimum Gasteiger partial charge on any atom is -0.354 e. The molecule has 3 heteroatoms. The second-order valence-electron chi connectivity index (χ2n) is 2.35. The summed E-state index contributed by atoms with van der Waals surface area (Å²) in [7, 11) is 1.90. The van der Waals surface area contributed by atoms with E-state index >= 15 is 0 Å². The van der Waals surface area contributed by atoms with Crippen LogP contribution in [0, 0.1) is 0 Å². The lowest BCUT2D eigenvalue weighted by Crippen LogP contribution is -2.16. The van der Waals surface area contributed by atoms with Gasteiger partial charge >= 0.3 is 0 Å². The molecular formula is C7H17NO2. The zero-order valence-corrected chi connectivity index (χ0v) is 7.02. The molecule has 0 amide bonds. The van der Waals surface area contributed by atoms with Crippen LogP contribution in [0.25, 0.3) is 0 Å². The number of nitrogens with one attached hydrogen (secondary N) is 1. The molecule has 0 aromatic carbocycles. The van der Waals surface area contributed by atoms with Gasteiger partial charge in [0, 0.05) is 6.54 Å². The van der Waals surface area contributed by atoms with Gasteiger partial charge in [-0.05, 0) is 20.9 Å². The van der Waals surface area contributed by atoms with Crippen molar-refractivity contribution in [2.75, 3.05) is 27.0 Å². The molecule has 0 spiro atoms. The first kappa shape index (κ1) is 9.88. The molecule has 0 bridgehead atoms. The van der Waals surface area contributed by atoms with Crippen LogP contribution in [0.4, 0.5) is 0 Å². The van der Waals surface area contributed by atoms with Crippen LogP contribution in [-0.4, -0.2) is 33.1 Å². The molecule has 0 heterocycles. The van der Waals surface area contributed by atoms with Gasteiger partial charge in [0.25, 0.3) is 0 Å². The van der Waals surface area contributed by atoms with Crippen LogP contribution in [0.15, 0.2) is 0 Å². The third kappa shape index (κ3) is 7.88. The number of hydrogen-bond acceptors (Lipinski definition) is 3.